The van der Waals surface area contributed by atoms with Crippen molar-refractivity contribution in [2.24, 2.45) is 5.92 Å². The average molecular weight is 494 g/mol. The molecule has 0 saturated carbocycles. The minimum Gasteiger partial charge on any atom is -0.393 e. The van der Waals surface area contributed by atoms with E-state index in [1.165, 1.54) is 0 Å². The lowest BCUT2D eigenvalue weighted by atomic mass is 9.97. The number of aliphatic hydroxyl groups is 1. The number of rotatable bonds is 13. The van der Waals surface area contributed by atoms with Crippen molar-refractivity contribution in [1.29, 1.82) is 0 Å². The molecule has 0 radical (unpaired) electrons. The van der Waals surface area contributed by atoms with E-state index in [2.05, 4.69) is 42.7 Å². The predicted octanol–water partition coefficient (Wildman–Crippen LogP) is 5.77. The molecule has 1 N–H and O–H groups in total. The Kier molecular flexibility index (Phi) is 11.7. The maximum atomic E-state index is 10.3. The molecule has 1 fully saturated rings. The summed E-state index contributed by atoms with van der Waals surface area (Å²) in [4.78, 5) is 0. The zero-order valence-electron chi connectivity index (χ0n) is 17.7. The molecule has 5 heteroatoms. The van der Waals surface area contributed by atoms with Crippen LogP contribution in [0.4, 0.5) is 0 Å². The van der Waals surface area contributed by atoms with Crippen LogP contribution in [0, 0.1) is 5.92 Å². The van der Waals surface area contributed by atoms with Crippen molar-refractivity contribution in [3.8, 4) is 0 Å². The molecule has 0 amide bonds. The fourth-order valence-corrected chi connectivity index (χ4v) is 3.59. The van der Waals surface area contributed by atoms with Crippen LogP contribution in [0.1, 0.15) is 73.1 Å². The molecule has 1 aliphatic rings. The summed E-state index contributed by atoms with van der Waals surface area (Å²) in [5.41, 5.74) is 1.14. The number of aliphatic hydroxyl groups excluding tert-OH is 1. The fraction of sp³-hybridized carbons (Fsp3) is 0.818. The van der Waals surface area contributed by atoms with Crippen LogP contribution in [0.5, 0.6) is 0 Å². The molecule has 27 heavy (non-hydrogen) atoms. The van der Waals surface area contributed by atoms with E-state index in [9.17, 15) is 5.11 Å². The summed E-state index contributed by atoms with van der Waals surface area (Å²) >= 11 is 2.24. The van der Waals surface area contributed by atoms with Gasteiger partial charge >= 0.3 is 0 Å². The largest absolute Gasteiger partial charge is 0.393 e. The van der Waals surface area contributed by atoms with Gasteiger partial charge in [0.2, 0.25) is 0 Å². The third-order valence-corrected chi connectivity index (χ3v) is 5.86. The summed E-state index contributed by atoms with van der Waals surface area (Å²) in [5.74, 6) is 0.333. The van der Waals surface area contributed by atoms with E-state index < -0.39 is 0 Å². The third kappa shape index (κ3) is 10.4. The molecule has 1 aliphatic heterocycles. The van der Waals surface area contributed by atoms with Crippen LogP contribution in [0.2, 0.25) is 0 Å². The molecule has 0 aromatic heterocycles. The topological polar surface area (TPSA) is 47.9 Å². The minimum atomic E-state index is -0.315. The van der Waals surface area contributed by atoms with Crippen LogP contribution in [0.15, 0.2) is 22.3 Å². The summed E-state index contributed by atoms with van der Waals surface area (Å²) in [5, 5.41) is 10.3. The van der Waals surface area contributed by atoms with Gasteiger partial charge in [-0.25, -0.2) is 0 Å². The fourth-order valence-electron chi connectivity index (χ4n) is 3.34. The van der Waals surface area contributed by atoms with Crippen LogP contribution in [-0.2, 0) is 14.2 Å². The monoisotopic (exact) mass is 494 g/mol. The SMILES string of the molecule is C=C(I)[C@H](C)C[C@H](O)CC[C@@H]1O[C@@H](CCC(OC(C)C)OC(C)C)CC1=C. The van der Waals surface area contributed by atoms with E-state index in [1.807, 2.05) is 27.7 Å². The zero-order chi connectivity index (χ0) is 20.6. The number of hydrogen-bond acceptors (Lipinski definition) is 4. The summed E-state index contributed by atoms with van der Waals surface area (Å²) in [6, 6.07) is 0. The van der Waals surface area contributed by atoms with Gasteiger partial charge in [0.25, 0.3) is 0 Å². The molecule has 0 unspecified atom stereocenters. The molecule has 0 spiro atoms. The molecular formula is C22H39IO4. The van der Waals surface area contributed by atoms with Crippen LogP contribution in [0.3, 0.4) is 0 Å². The molecule has 1 saturated heterocycles. The number of ether oxygens (including phenoxy) is 3. The first kappa shape index (κ1) is 25.1. The normalized spacial score (nSPS) is 22.8. The van der Waals surface area contributed by atoms with Crippen molar-refractivity contribution in [3.05, 3.63) is 22.3 Å². The summed E-state index contributed by atoms with van der Waals surface area (Å²) < 4.78 is 19.0. The van der Waals surface area contributed by atoms with Gasteiger partial charge < -0.3 is 19.3 Å². The third-order valence-electron chi connectivity index (χ3n) is 4.80. The second-order valence-corrected chi connectivity index (χ2v) is 9.69. The molecule has 0 aromatic rings. The smallest absolute Gasteiger partial charge is 0.158 e. The number of halogens is 1. The molecular weight excluding hydrogens is 455 g/mol. The Labute approximate surface area is 179 Å². The maximum Gasteiger partial charge on any atom is 0.158 e. The van der Waals surface area contributed by atoms with E-state index in [4.69, 9.17) is 14.2 Å². The first-order valence-electron chi connectivity index (χ1n) is 10.2. The van der Waals surface area contributed by atoms with Crippen LogP contribution >= 0.6 is 22.6 Å². The van der Waals surface area contributed by atoms with Gasteiger partial charge in [-0.15, -0.1) is 0 Å². The van der Waals surface area contributed by atoms with E-state index in [-0.39, 0.29) is 36.8 Å². The average Bonchev–Trinajstić information content (AvgIpc) is 2.89. The van der Waals surface area contributed by atoms with Gasteiger partial charge in [-0.1, -0.05) is 20.1 Å². The lowest BCUT2D eigenvalue weighted by Crippen LogP contribution is -2.26. The Morgan fingerprint density at radius 3 is 2.26 bits per heavy atom. The molecule has 0 bridgehead atoms. The van der Waals surface area contributed by atoms with Crippen molar-refractivity contribution in [1.82, 2.24) is 0 Å². The van der Waals surface area contributed by atoms with Crippen LogP contribution in [-0.4, -0.2) is 41.9 Å². The van der Waals surface area contributed by atoms with Gasteiger partial charge in [0.1, 0.15) is 0 Å². The van der Waals surface area contributed by atoms with Gasteiger partial charge in [0.05, 0.1) is 30.5 Å². The molecule has 0 aromatic carbocycles. The lowest BCUT2D eigenvalue weighted by Gasteiger charge is -2.24. The highest BCUT2D eigenvalue weighted by Crippen LogP contribution is 2.32. The van der Waals surface area contributed by atoms with Crippen LogP contribution in [0.25, 0.3) is 0 Å². The first-order valence-corrected chi connectivity index (χ1v) is 11.3. The summed E-state index contributed by atoms with van der Waals surface area (Å²) in [7, 11) is 0. The van der Waals surface area contributed by atoms with Gasteiger partial charge in [0, 0.05) is 6.42 Å². The number of allylic oxidation sites excluding steroid dienone is 1. The highest BCUT2D eigenvalue weighted by Gasteiger charge is 2.30. The van der Waals surface area contributed by atoms with Gasteiger partial charge in [-0.05, 0) is 97.5 Å². The standard InChI is InChI=1S/C22H39IO4/c1-14(2)25-22(26-15(3)4)11-9-20-13-17(6)21(27-20)10-8-19(24)12-16(5)18(7)23/h14-16,19-22,24H,6-13H2,1-5H3/t16-,19-,20+,21+/m1/s1. The molecule has 0 aliphatic carbocycles. The molecule has 158 valence electrons. The Bertz CT molecular complexity index is 453. The Balaban J connectivity index is 2.38. The number of hydrogen-bond donors (Lipinski definition) is 1. The maximum absolute atomic E-state index is 10.3. The lowest BCUT2D eigenvalue weighted by molar-refractivity contribution is -0.186. The minimum absolute atomic E-state index is 0.0539. The highest BCUT2D eigenvalue weighted by atomic mass is 127. The van der Waals surface area contributed by atoms with E-state index in [0.29, 0.717) is 5.92 Å². The Morgan fingerprint density at radius 1 is 1.15 bits per heavy atom. The van der Waals surface area contributed by atoms with E-state index in [0.717, 1.165) is 47.7 Å². The molecule has 4 atom stereocenters. The molecule has 1 heterocycles. The Morgan fingerprint density at radius 2 is 1.74 bits per heavy atom. The van der Waals surface area contributed by atoms with E-state index in [1.54, 1.807) is 0 Å². The van der Waals surface area contributed by atoms with Crippen molar-refractivity contribution >= 4 is 22.6 Å². The first-order chi connectivity index (χ1) is 12.6. The van der Waals surface area contributed by atoms with E-state index >= 15 is 0 Å². The zero-order valence-corrected chi connectivity index (χ0v) is 19.9. The summed E-state index contributed by atoms with van der Waals surface area (Å²) in [6.45, 7) is 18.4. The molecule has 1 rings (SSSR count). The summed E-state index contributed by atoms with van der Waals surface area (Å²) in [6.07, 6.45) is 4.92. The quantitative estimate of drug-likeness (QED) is 0.201. The van der Waals surface area contributed by atoms with Crippen molar-refractivity contribution in [3.63, 3.8) is 0 Å². The van der Waals surface area contributed by atoms with Gasteiger partial charge in [-0.2, -0.15) is 0 Å². The van der Waals surface area contributed by atoms with Crippen molar-refractivity contribution < 1.29 is 19.3 Å². The second-order valence-electron chi connectivity index (χ2n) is 8.30. The van der Waals surface area contributed by atoms with Gasteiger partial charge in [0.15, 0.2) is 6.29 Å². The van der Waals surface area contributed by atoms with Gasteiger partial charge in [-0.3, -0.25) is 0 Å². The van der Waals surface area contributed by atoms with Crippen LogP contribution < -0.4 is 0 Å². The Hall–Kier alpha value is 0.0500. The highest BCUT2D eigenvalue weighted by molar-refractivity contribution is 14.1. The van der Waals surface area contributed by atoms with Crippen molar-refractivity contribution in [2.75, 3.05) is 0 Å². The second kappa shape index (κ2) is 12.6. The predicted molar refractivity (Wildman–Crippen MR) is 120 cm³/mol. The molecule has 4 nitrogen and oxygen atoms in total. The van der Waals surface area contributed by atoms with Crippen molar-refractivity contribution in [2.45, 2.75) is 110 Å².